The molecule has 2 heterocycles. The molecule has 0 aliphatic heterocycles. The van der Waals surface area contributed by atoms with Crippen LogP contribution in [0.25, 0.3) is 10.7 Å². The standard InChI is InChI=1S/C14H16Cl2N2S/c1-5-8-11(15)17-13(18-12(8)16)9-6-7-10(19-9)14(2,3)4/h6-7H,5H2,1-4H3. The van der Waals surface area contributed by atoms with Crippen molar-refractivity contribution in [1.29, 1.82) is 0 Å². The van der Waals surface area contributed by atoms with E-state index in [4.69, 9.17) is 23.2 Å². The van der Waals surface area contributed by atoms with Crippen LogP contribution >= 0.6 is 34.5 Å². The van der Waals surface area contributed by atoms with Gasteiger partial charge in [0.15, 0.2) is 5.82 Å². The molecule has 102 valence electrons. The molecule has 2 rings (SSSR count). The van der Waals surface area contributed by atoms with Crippen LogP contribution in [0.4, 0.5) is 0 Å². The summed E-state index contributed by atoms with van der Waals surface area (Å²) in [6.07, 6.45) is 0.732. The van der Waals surface area contributed by atoms with Gasteiger partial charge in [-0.3, -0.25) is 0 Å². The quantitative estimate of drug-likeness (QED) is 0.696. The SMILES string of the molecule is CCc1c(Cl)nc(-c2ccc(C(C)(C)C)s2)nc1Cl. The second kappa shape index (κ2) is 5.39. The molecule has 0 aliphatic rings. The van der Waals surface area contributed by atoms with E-state index in [2.05, 4.69) is 36.8 Å². The molecule has 0 unspecified atom stereocenters. The summed E-state index contributed by atoms with van der Waals surface area (Å²) >= 11 is 14.0. The fourth-order valence-corrected chi connectivity index (χ4v) is 3.35. The zero-order valence-corrected chi connectivity index (χ0v) is 13.7. The lowest BCUT2D eigenvalue weighted by atomic mass is 9.95. The summed E-state index contributed by atoms with van der Waals surface area (Å²) in [5, 5.41) is 0.895. The molecule has 0 atom stereocenters. The van der Waals surface area contributed by atoms with E-state index in [1.54, 1.807) is 11.3 Å². The van der Waals surface area contributed by atoms with Crippen molar-refractivity contribution in [2.24, 2.45) is 0 Å². The van der Waals surface area contributed by atoms with Gasteiger partial charge in [0.1, 0.15) is 10.3 Å². The molecule has 0 fully saturated rings. The predicted molar refractivity (Wildman–Crippen MR) is 83.4 cm³/mol. The number of nitrogens with zero attached hydrogens (tertiary/aromatic N) is 2. The first-order chi connectivity index (χ1) is 8.82. The molecule has 0 radical (unpaired) electrons. The Balaban J connectivity index is 2.46. The summed E-state index contributed by atoms with van der Waals surface area (Å²) < 4.78 is 0. The molecule has 0 aromatic carbocycles. The highest BCUT2D eigenvalue weighted by Crippen LogP contribution is 2.35. The largest absolute Gasteiger partial charge is 0.215 e. The number of hydrogen-bond donors (Lipinski definition) is 0. The van der Waals surface area contributed by atoms with Gasteiger partial charge in [-0.2, -0.15) is 0 Å². The first kappa shape index (κ1) is 14.8. The van der Waals surface area contributed by atoms with Crippen molar-refractivity contribution in [3.63, 3.8) is 0 Å². The molecule has 0 saturated carbocycles. The van der Waals surface area contributed by atoms with Crippen molar-refractivity contribution in [1.82, 2.24) is 9.97 Å². The molecule has 0 amide bonds. The summed E-state index contributed by atoms with van der Waals surface area (Å²) in [4.78, 5) is 11.0. The Labute approximate surface area is 127 Å². The van der Waals surface area contributed by atoms with Crippen LogP contribution in [0.15, 0.2) is 12.1 Å². The van der Waals surface area contributed by atoms with E-state index in [0.717, 1.165) is 16.9 Å². The summed E-state index contributed by atoms with van der Waals surface area (Å²) in [5.41, 5.74) is 0.930. The average molecular weight is 315 g/mol. The van der Waals surface area contributed by atoms with E-state index in [0.29, 0.717) is 16.1 Å². The number of rotatable bonds is 2. The van der Waals surface area contributed by atoms with Gasteiger partial charge in [-0.1, -0.05) is 50.9 Å². The van der Waals surface area contributed by atoms with Crippen molar-refractivity contribution >= 4 is 34.5 Å². The maximum absolute atomic E-state index is 6.15. The molecule has 0 aliphatic carbocycles. The molecule has 2 nitrogen and oxygen atoms in total. The number of hydrogen-bond acceptors (Lipinski definition) is 3. The van der Waals surface area contributed by atoms with Gasteiger partial charge in [-0.15, -0.1) is 11.3 Å². The van der Waals surface area contributed by atoms with Crippen LogP contribution in [0.2, 0.25) is 10.3 Å². The van der Waals surface area contributed by atoms with Crippen molar-refractivity contribution in [3.8, 4) is 10.7 Å². The first-order valence-corrected chi connectivity index (χ1v) is 7.72. The van der Waals surface area contributed by atoms with Gasteiger partial charge in [-0.05, 0) is 24.0 Å². The summed E-state index contributed by atoms with van der Waals surface area (Å²) in [5.74, 6) is 0.604. The minimum Gasteiger partial charge on any atom is -0.215 e. The van der Waals surface area contributed by atoms with Crippen LogP contribution in [-0.2, 0) is 11.8 Å². The fraction of sp³-hybridized carbons (Fsp3) is 0.429. The molecule has 0 saturated heterocycles. The van der Waals surface area contributed by atoms with Gasteiger partial charge in [0.05, 0.1) is 4.88 Å². The lowest BCUT2D eigenvalue weighted by Crippen LogP contribution is -2.07. The lowest BCUT2D eigenvalue weighted by molar-refractivity contribution is 0.604. The topological polar surface area (TPSA) is 25.8 Å². The van der Waals surface area contributed by atoms with Gasteiger partial charge in [0, 0.05) is 10.4 Å². The van der Waals surface area contributed by atoms with Crippen molar-refractivity contribution in [2.75, 3.05) is 0 Å². The van der Waals surface area contributed by atoms with Gasteiger partial charge in [0.2, 0.25) is 0 Å². The molecular formula is C14H16Cl2N2S. The Morgan fingerprint density at radius 2 is 1.68 bits per heavy atom. The normalized spacial score (nSPS) is 11.9. The zero-order valence-electron chi connectivity index (χ0n) is 11.4. The Bertz CT molecular complexity index is 577. The highest BCUT2D eigenvalue weighted by Gasteiger charge is 2.18. The summed E-state index contributed by atoms with van der Waals surface area (Å²) in [7, 11) is 0. The van der Waals surface area contributed by atoms with Gasteiger partial charge < -0.3 is 0 Å². The van der Waals surface area contributed by atoms with Crippen LogP contribution < -0.4 is 0 Å². The third kappa shape index (κ3) is 3.10. The molecular weight excluding hydrogens is 299 g/mol. The first-order valence-electron chi connectivity index (χ1n) is 6.15. The van der Waals surface area contributed by atoms with Crippen LogP contribution in [0.5, 0.6) is 0 Å². The van der Waals surface area contributed by atoms with Crippen molar-refractivity contribution in [2.45, 2.75) is 39.5 Å². The minimum atomic E-state index is 0.125. The maximum atomic E-state index is 6.15. The third-order valence-corrected chi connectivity index (χ3v) is 4.96. The molecule has 2 aromatic heterocycles. The number of aromatic nitrogens is 2. The Hall–Kier alpha value is -0.640. The Morgan fingerprint density at radius 1 is 1.11 bits per heavy atom. The lowest BCUT2D eigenvalue weighted by Gasteiger charge is -2.15. The highest BCUT2D eigenvalue weighted by molar-refractivity contribution is 7.15. The van der Waals surface area contributed by atoms with Gasteiger partial charge in [-0.25, -0.2) is 9.97 Å². The van der Waals surface area contributed by atoms with E-state index in [1.165, 1.54) is 4.88 Å². The van der Waals surface area contributed by atoms with E-state index in [9.17, 15) is 0 Å². The third-order valence-electron chi connectivity index (χ3n) is 2.83. The fourth-order valence-electron chi connectivity index (χ4n) is 1.69. The van der Waals surface area contributed by atoms with Gasteiger partial charge >= 0.3 is 0 Å². The smallest absolute Gasteiger partial charge is 0.172 e. The molecule has 0 N–H and O–H groups in total. The van der Waals surface area contributed by atoms with Crippen LogP contribution in [-0.4, -0.2) is 9.97 Å². The van der Waals surface area contributed by atoms with E-state index in [-0.39, 0.29) is 5.41 Å². The second-order valence-electron chi connectivity index (χ2n) is 5.37. The van der Waals surface area contributed by atoms with E-state index in [1.807, 2.05) is 13.0 Å². The van der Waals surface area contributed by atoms with Gasteiger partial charge in [0.25, 0.3) is 0 Å². The van der Waals surface area contributed by atoms with E-state index < -0.39 is 0 Å². The predicted octanol–water partition coefficient (Wildman–Crippen LogP) is 5.37. The molecule has 0 bridgehead atoms. The van der Waals surface area contributed by atoms with Crippen molar-refractivity contribution in [3.05, 3.63) is 32.9 Å². The van der Waals surface area contributed by atoms with Crippen molar-refractivity contribution < 1.29 is 0 Å². The number of halogens is 2. The zero-order chi connectivity index (χ0) is 14.2. The number of thiophene rings is 1. The Kier molecular flexibility index (Phi) is 4.19. The monoisotopic (exact) mass is 314 g/mol. The average Bonchev–Trinajstić information content (AvgIpc) is 2.77. The Morgan fingerprint density at radius 3 is 2.11 bits per heavy atom. The van der Waals surface area contributed by atoms with E-state index >= 15 is 0 Å². The maximum Gasteiger partial charge on any atom is 0.172 e. The second-order valence-corrected chi connectivity index (χ2v) is 7.17. The van der Waals surface area contributed by atoms with Crippen LogP contribution in [0.1, 0.15) is 38.1 Å². The molecule has 5 heteroatoms. The van der Waals surface area contributed by atoms with Crippen LogP contribution in [0, 0.1) is 0 Å². The highest BCUT2D eigenvalue weighted by atomic mass is 35.5. The minimum absolute atomic E-state index is 0.125. The summed E-state index contributed by atoms with van der Waals surface area (Å²) in [6.45, 7) is 8.54. The molecule has 19 heavy (non-hydrogen) atoms. The van der Waals surface area contributed by atoms with Crippen LogP contribution in [0.3, 0.4) is 0 Å². The molecule has 0 spiro atoms. The summed E-state index contributed by atoms with van der Waals surface area (Å²) in [6, 6.07) is 4.14. The molecule has 2 aromatic rings.